The fourth-order valence-electron chi connectivity index (χ4n) is 4.00. The van der Waals surface area contributed by atoms with Crippen molar-refractivity contribution in [2.75, 3.05) is 14.1 Å². The molecule has 1 amide bonds. The second kappa shape index (κ2) is 9.02. The van der Waals surface area contributed by atoms with Gasteiger partial charge in [-0.15, -0.1) is 0 Å². The van der Waals surface area contributed by atoms with E-state index < -0.39 is 0 Å². The number of carbonyl (C=O) groups excluding carboxylic acids is 1. The molecule has 156 valence electrons. The van der Waals surface area contributed by atoms with Crippen LogP contribution in [0, 0.1) is 0 Å². The lowest BCUT2D eigenvalue weighted by Gasteiger charge is -2.25. The third-order valence-electron chi connectivity index (χ3n) is 5.64. The standard InChI is InChI=1S/C24H27ClN4O/c1-28(2)24(30)23-21-14-20(26-15-17-8-10-19(25)11-9-17)12-13-22(21)29(27-23)16-18-6-4-3-5-7-18/h3-11,20,26H,12-16H2,1-2H3. The highest BCUT2D eigenvalue weighted by molar-refractivity contribution is 6.30. The number of amides is 1. The maximum absolute atomic E-state index is 12.8. The van der Waals surface area contributed by atoms with Gasteiger partial charge in [0.2, 0.25) is 0 Å². The Balaban J connectivity index is 1.55. The summed E-state index contributed by atoms with van der Waals surface area (Å²) in [6.07, 6.45) is 2.75. The molecule has 0 fully saturated rings. The van der Waals surface area contributed by atoms with E-state index >= 15 is 0 Å². The van der Waals surface area contributed by atoms with E-state index in [1.807, 2.05) is 47.1 Å². The second-order valence-electron chi connectivity index (χ2n) is 8.06. The minimum atomic E-state index is -0.0311. The van der Waals surface area contributed by atoms with Gasteiger partial charge in [0.1, 0.15) is 0 Å². The van der Waals surface area contributed by atoms with Crippen molar-refractivity contribution in [3.63, 3.8) is 0 Å². The lowest BCUT2D eigenvalue weighted by atomic mass is 9.91. The monoisotopic (exact) mass is 422 g/mol. The van der Waals surface area contributed by atoms with Crippen LogP contribution in [0.25, 0.3) is 0 Å². The topological polar surface area (TPSA) is 50.2 Å². The van der Waals surface area contributed by atoms with Gasteiger partial charge < -0.3 is 10.2 Å². The third-order valence-corrected chi connectivity index (χ3v) is 5.89. The summed E-state index contributed by atoms with van der Waals surface area (Å²) in [6.45, 7) is 1.47. The first-order valence-electron chi connectivity index (χ1n) is 10.3. The molecule has 0 radical (unpaired) electrons. The predicted octanol–water partition coefficient (Wildman–Crippen LogP) is 3.93. The van der Waals surface area contributed by atoms with E-state index in [1.165, 1.54) is 16.8 Å². The lowest BCUT2D eigenvalue weighted by molar-refractivity contribution is 0.0820. The number of fused-ring (bicyclic) bond motifs is 1. The van der Waals surface area contributed by atoms with E-state index in [2.05, 4.69) is 17.4 Å². The molecule has 1 unspecified atom stereocenters. The number of hydrogen-bond acceptors (Lipinski definition) is 3. The van der Waals surface area contributed by atoms with Crippen molar-refractivity contribution in [1.29, 1.82) is 0 Å². The summed E-state index contributed by atoms with van der Waals surface area (Å²) in [4.78, 5) is 14.4. The molecule has 1 aliphatic carbocycles. The highest BCUT2D eigenvalue weighted by atomic mass is 35.5. The number of benzene rings is 2. The van der Waals surface area contributed by atoms with Gasteiger partial charge in [-0.05, 0) is 42.5 Å². The van der Waals surface area contributed by atoms with Gasteiger partial charge in [0.15, 0.2) is 5.69 Å². The summed E-state index contributed by atoms with van der Waals surface area (Å²) in [5.74, 6) is -0.0311. The van der Waals surface area contributed by atoms with Gasteiger partial charge in [-0.25, -0.2) is 0 Å². The first kappa shape index (κ1) is 20.6. The molecule has 1 atom stereocenters. The van der Waals surface area contributed by atoms with E-state index in [0.29, 0.717) is 18.3 Å². The molecule has 0 bridgehead atoms. The van der Waals surface area contributed by atoms with E-state index in [4.69, 9.17) is 16.7 Å². The average Bonchev–Trinajstić information content (AvgIpc) is 3.11. The average molecular weight is 423 g/mol. The van der Waals surface area contributed by atoms with Gasteiger partial charge in [0.05, 0.1) is 6.54 Å². The molecule has 30 heavy (non-hydrogen) atoms. The van der Waals surface area contributed by atoms with Gasteiger partial charge >= 0.3 is 0 Å². The zero-order chi connectivity index (χ0) is 21.1. The first-order chi connectivity index (χ1) is 14.5. The zero-order valence-corrected chi connectivity index (χ0v) is 18.2. The van der Waals surface area contributed by atoms with E-state index in [-0.39, 0.29) is 5.91 Å². The summed E-state index contributed by atoms with van der Waals surface area (Å²) >= 11 is 5.98. The molecule has 1 heterocycles. The van der Waals surface area contributed by atoms with Gasteiger partial charge in [0, 0.05) is 43.0 Å². The van der Waals surface area contributed by atoms with Gasteiger partial charge in [-0.2, -0.15) is 5.10 Å². The largest absolute Gasteiger partial charge is 0.343 e. The van der Waals surface area contributed by atoms with Crippen molar-refractivity contribution >= 4 is 17.5 Å². The van der Waals surface area contributed by atoms with Crippen LogP contribution in [0.2, 0.25) is 5.02 Å². The molecule has 0 aliphatic heterocycles. The maximum atomic E-state index is 12.8. The Morgan fingerprint density at radius 2 is 1.87 bits per heavy atom. The Morgan fingerprint density at radius 1 is 1.13 bits per heavy atom. The fraction of sp³-hybridized carbons (Fsp3) is 0.333. The van der Waals surface area contributed by atoms with Crippen LogP contribution >= 0.6 is 11.6 Å². The highest BCUT2D eigenvalue weighted by Crippen LogP contribution is 2.26. The number of nitrogens with zero attached hydrogens (tertiary/aromatic N) is 3. The van der Waals surface area contributed by atoms with Gasteiger partial charge in [0.25, 0.3) is 5.91 Å². The second-order valence-corrected chi connectivity index (χ2v) is 8.50. The van der Waals surface area contributed by atoms with Crippen LogP contribution < -0.4 is 5.32 Å². The first-order valence-corrected chi connectivity index (χ1v) is 10.7. The molecule has 1 N–H and O–H groups in total. The number of carbonyl (C=O) groups is 1. The Labute approximate surface area is 182 Å². The van der Waals surface area contributed by atoms with E-state index in [9.17, 15) is 4.79 Å². The number of hydrogen-bond donors (Lipinski definition) is 1. The fourth-order valence-corrected chi connectivity index (χ4v) is 4.12. The Kier molecular flexibility index (Phi) is 6.21. The number of aromatic nitrogens is 2. The Bertz CT molecular complexity index is 1010. The molecular weight excluding hydrogens is 396 g/mol. The quantitative estimate of drug-likeness (QED) is 0.654. The van der Waals surface area contributed by atoms with Crippen LogP contribution in [-0.2, 0) is 25.9 Å². The van der Waals surface area contributed by atoms with Crippen LogP contribution in [0.5, 0.6) is 0 Å². The van der Waals surface area contributed by atoms with Crippen LogP contribution in [0.3, 0.4) is 0 Å². The lowest BCUT2D eigenvalue weighted by Crippen LogP contribution is -2.35. The molecule has 1 aromatic heterocycles. The molecule has 0 saturated carbocycles. The molecular formula is C24H27ClN4O. The van der Waals surface area contributed by atoms with Crippen molar-refractivity contribution < 1.29 is 4.79 Å². The van der Waals surface area contributed by atoms with Crippen molar-refractivity contribution in [2.45, 2.75) is 38.4 Å². The maximum Gasteiger partial charge on any atom is 0.274 e. The normalized spacial score (nSPS) is 15.6. The summed E-state index contributed by atoms with van der Waals surface area (Å²) in [5, 5.41) is 9.15. The van der Waals surface area contributed by atoms with E-state index in [1.54, 1.807) is 19.0 Å². The van der Waals surface area contributed by atoms with Crippen molar-refractivity contribution in [2.24, 2.45) is 0 Å². The minimum Gasteiger partial charge on any atom is -0.343 e. The summed E-state index contributed by atoms with van der Waals surface area (Å²) < 4.78 is 2.02. The molecule has 2 aromatic carbocycles. The molecule has 6 heteroatoms. The number of rotatable bonds is 6. The van der Waals surface area contributed by atoms with Crippen LogP contribution in [-0.4, -0.2) is 40.7 Å². The van der Waals surface area contributed by atoms with Gasteiger partial charge in [-0.1, -0.05) is 54.1 Å². The molecule has 0 saturated heterocycles. The molecule has 0 spiro atoms. The molecule has 4 rings (SSSR count). The third kappa shape index (κ3) is 4.58. The summed E-state index contributed by atoms with van der Waals surface area (Å²) in [6, 6.07) is 18.5. The SMILES string of the molecule is CN(C)C(=O)c1nn(Cc2ccccc2)c2c1CC(NCc1ccc(Cl)cc1)CC2. The summed E-state index contributed by atoms with van der Waals surface area (Å²) in [7, 11) is 3.56. The zero-order valence-electron chi connectivity index (χ0n) is 17.4. The van der Waals surface area contributed by atoms with Crippen molar-refractivity contribution in [3.8, 4) is 0 Å². The highest BCUT2D eigenvalue weighted by Gasteiger charge is 2.29. The smallest absolute Gasteiger partial charge is 0.274 e. The van der Waals surface area contributed by atoms with Crippen LogP contribution in [0.1, 0.15) is 39.3 Å². The Hall–Kier alpha value is -2.63. The molecule has 3 aromatic rings. The predicted molar refractivity (Wildman–Crippen MR) is 120 cm³/mol. The number of nitrogens with one attached hydrogen (secondary N) is 1. The van der Waals surface area contributed by atoms with Gasteiger partial charge in [-0.3, -0.25) is 9.48 Å². The summed E-state index contributed by atoms with van der Waals surface area (Å²) in [5.41, 5.74) is 5.26. The molecule has 5 nitrogen and oxygen atoms in total. The number of halogens is 1. The van der Waals surface area contributed by atoms with Crippen LogP contribution in [0.15, 0.2) is 54.6 Å². The van der Waals surface area contributed by atoms with Crippen molar-refractivity contribution in [1.82, 2.24) is 20.0 Å². The minimum absolute atomic E-state index is 0.0311. The Morgan fingerprint density at radius 3 is 2.57 bits per heavy atom. The van der Waals surface area contributed by atoms with E-state index in [0.717, 1.165) is 36.4 Å². The molecule has 1 aliphatic rings. The van der Waals surface area contributed by atoms with Crippen molar-refractivity contribution in [3.05, 3.63) is 87.7 Å². The van der Waals surface area contributed by atoms with Crippen LogP contribution in [0.4, 0.5) is 0 Å².